The molecule has 6 heteroatoms. The molecule has 22 heavy (non-hydrogen) atoms. The molecule has 122 valence electrons. The van der Waals surface area contributed by atoms with Gasteiger partial charge in [-0.2, -0.15) is 0 Å². The minimum Gasteiger partial charge on any atom is -0.481 e. The number of carboxylic acid groups (broad SMARTS) is 2. The van der Waals surface area contributed by atoms with E-state index in [1.807, 2.05) is 13.8 Å². The Morgan fingerprint density at radius 2 is 1.95 bits per heavy atom. The molecule has 0 radical (unpaired) electrons. The smallest absolute Gasteiger partial charge is 0.331 e. The first-order valence-corrected chi connectivity index (χ1v) is 7.70. The summed E-state index contributed by atoms with van der Waals surface area (Å²) in [4.78, 5) is 23.4. The molecule has 3 aliphatic carbocycles. The Kier molecular flexibility index (Phi) is 3.05. The average molecular weight is 309 g/mol. The van der Waals surface area contributed by atoms with Crippen LogP contribution < -0.4 is 5.32 Å². The molecule has 0 aromatic heterocycles. The van der Waals surface area contributed by atoms with Crippen molar-refractivity contribution in [3.8, 4) is 0 Å². The van der Waals surface area contributed by atoms with Gasteiger partial charge in [0.2, 0.25) is 0 Å². The molecular formula is C16H23NO5. The van der Waals surface area contributed by atoms with E-state index in [4.69, 9.17) is 0 Å². The lowest BCUT2D eigenvalue weighted by Crippen LogP contribution is -2.63. The molecule has 0 heterocycles. The molecule has 3 rings (SSSR count). The van der Waals surface area contributed by atoms with E-state index in [-0.39, 0.29) is 11.5 Å². The molecule has 2 fully saturated rings. The normalized spacial score (nSPS) is 45.3. The minimum atomic E-state index is -1.06. The van der Waals surface area contributed by atoms with Gasteiger partial charge in [-0.1, -0.05) is 13.8 Å². The number of rotatable bonds is 3. The van der Waals surface area contributed by atoms with Gasteiger partial charge in [-0.25, -0.2) is 4.79 Å². The molecule has 0 unspecified atom stereocenters. The van der Waals surface area contributed by atoms with Crippen LogP contribution in [0, 0.1) is 22.7 Å². The van der Waals surface area contributed by atoms with E-state index in [2.05, 4.69) is 5.32 Å². The van der Waals surface area contributed by atoms with Crippen LogP contribution in [0.5, 0.6) is 0 Å². The molecular weight excluding hydrogens is 286 g/mol. The van der Waals surface area contributed by atoms with Crippen LogP contribution in [0.1, 0.15) is 33.1 Å². The fourth-order valence-corrected chi connectivity index (χ4v) is 6.03. The van der Waals surface area contributed by atoms with Crippen molar-refractivity contribution in [2.45, 2.75) is 44.8 Å². The van der Waals surface area contributed by atoms with Gasteiger partial charge in [-0.3, -0.25) is 4.79 Å². The third kappa shape index (κ3) is 1.38. The Morgan fingerprint density at radius 3 is 2.45 bits per heavy atom. The van der Waals surface area contributed by atoms with Gasteiger partial charge < -0.3 is 20.6 Å². The minimum absolute atomic E-state index is 0.219. The van der Waals surface area contributed by atoms with Gasteiger partial charge in [0, 0.05) is 16.5 Å². The highest BCUT2D eigenvalue weighted by Crippen LogP contribution is 2.73. The van der Waals surface area contributed by atoms with Gasteiger partial charge in [0.05, 0.1) is 12.0 Å². The third-order valence-electron chi connectivity index (χ3n) is 6.95. The van der Waals surface area contributed by atoms with E-state index >= 15 is 0 Å². The van der Waals surface area contributed by atoms with Gasteiger partial charge in [0.15, 0.2) is 0 Å². The highest BCUT2D eigenvalue weighted by atomic mass is 16.4. The SMILES string of the molecule is CN[C@@]12CC[C@@H](C(=O)O)[C@]13C[C@@H](C(C(=O)O)=C[C@@H]3O)C2(C)C. The maximum absolute atomic E-state index is 11.8. The number of aliphatic hydroxyl groups is 1. The summed E-state index contributed by atoms with van der Waals surface area (Å²) in [6, 6.07) is 0. The monoisotopic (exact) mass is 309 g/mol. The zero-order valence-electron chi connectivity index (χ0n) is 13.1. The first kappa shape index (κ1) is 15.5. The van der Waals surface area contributed by atoms with Crippen LogP contribution in [-0.4, -0.2) is 45.9 Å². The molecule has 4 N–H and O–H groups in total. The fourth-order valence-electron chi connectivity index (χ4n) is 6.03. The highest BCUT2D eigenvalue weighted by molar-refractivity contribution is 5.88. The number of carboxylic acids is 2. The first-order chi connectivity index (χ1) is 10.2. The summed E-state index contributed by atoms with van der Waals surface area (Å²) in [6.07, 6.45) is 1.85. The van der Waals surface area contributed by atoms with Crippen molar-refractivity contribution in [3.05, 3.63) is 11.6 Å². The van der Waals surface area contributed by atoms with E-state index in [1.54, 1.807) is 7.05 Å². The Hall–Kier alpha value is -1.40. The molecule has 1 spiro atoms. The average Bonchev–Trinajstić information content (AvgIpc) is 2.84. The lowest BCUT2D eigenvalue weighted by atomic mass is 9.60. The number of hydrogen-bond acceptors (Lipinski definition) is 4. The summed E-state index contributed by atoms with van der Waals surface area (Å²) >= 11 is 0. The summed E-state index contributed by atoms with van der Waals surface area (Å²) in [7, 11) is 1.79. The van der Waals surface area contributed by atoms with Crippen molar-refractivity contribution in [1.82, 2.24) is 5.32 Å². The van der Waals surface area contributed by atoms with Crippen LogP contribution in [-0.2, 0) is 9.59 Å². The largest absolute Gasteiger partial charge is 0.481 e. The lowest BCUT2D eigenvalue weighted by molar-refractivity contribution is -0.151. The number of hydrogen-bond donors (Lipinski definition) is 4. The molecule has 0 aromatic rings. The summed E-state index contributed by atoms with van der Waals surface area (Å²) < 4.78 is 0. The van der Waals surface area contributed by atoms with E-state index in [0.29, 0.717) is 19.3 Å². The molecule has 0 amide bonds. The van der Waals surface area contributed by atoms with Crippen molar-refractivity contribution in [2.24, 2.45) is 22.7 Å². The van der Waals surface area contributed by atoms with Crippen molar-refractivity contribution < 1.29 is 24.9 Å². The number of fused-ring (bicyclic) bond motifs is 1. The number of carbonyl (C=O) groups is 2. The lowest BCUT2D eigenvalue weighted by Gasteiger charge is -2.50. The summed E-state index contributed by atoms with van der Waals surface area (Å²) in [6.45, 7) is 3.99. The summed E-state index contributed by atoms with van der Waals surface area (Å²) in [5.41, 5.74) is -1.66. The summed E-state index contributed by atoms with van der Waals surface area (Å²) in [5.74, 6) is -2.85. The number of nitrogens with one attached hydrogen (secondary N) is 1. The van der Waals surface area contributed by atoms with Crippen LogP contribution in [0.25, 0.3) is 0 Å². The maximum atomic E-state index is 11.8. The first-order valence-electron chi connectivity index (χ1n) is 7.70. The van der Waals surface area contributed by atoms with Crippen molar-refractivity contribution >= 4 is 11.9 Å². The molecule has 6 nitrogen and oxygen atoms in total. The van der Waals surface area contributed by atoms with E-state index in [0.717, 1.165) is 0 Å². The van der Waals surface area contributed by atoms with Crippen LogP contribution in [0.15, 0.2) is 11.6 Å². The second-order valence-corrected chi connectivity index (χ2v) is 7.48. The Morgan fingerprint density at radius 1 is 1.32 bits per heavy atom. The Labute approximate surface area is 129 Å². The second kappa shape index (κ2) is 4.32. The molecule has 3 aliphatic rings. The predicted molar refractivity (Wildman–Crippen MR) is 78.2 cm³/mol. The fraction of sp³-hybridized carbons (Fsp3) is 0.750. The molecule has 2 saturated carbocycles. The molecule has 0 aliphatic heterocycles. The summed E-state index contributed by atoms with van der Waals surface area (Å²) in [5, 5.41) is 33.2. The van der Waals surface area contributed by atoms with Crippen LogP contribution >= 0.6 is 0 Å². The Balaban J connectivity index is 2.26. The van der Waals surface area contributed by atoms with Crippen molar-refractivity contribution in [3.63, 3.8) is 0 Å². The van der Waals surface area contributed by atoms with Crippen LogP contribution in [0.2, 0.25) is 0 Å². The molecule has 2 bridgehead atoms. The number of aliphatic hydroxyl groups excluding tert-OH is 1. The van der Waals surface area contributed by atoms with Gasteiger partial charge in [0.25, 0.3) is 0 Å². The number of aliphatic carboxylic acids is 2. The van der Waals surface area contributed by atoms with Crippen LogP contribution in [0.4, 0.5) is 0 Å². The topological polar surface area (TPSA) is 107 Å². The zero-order valence-corrected chi connectivity index (χ0v) is 13.1. The van der Waals surface area contributed by atoms with E-state index in [1.165, 1.54) is 6.08 Å². The third-order valence-corrected chi connectivity index (χ3v) is 6.95. The van der Waals surface area contributed by atoms with Crippen molar-refractivity contribution in [1.29, 1.82) is 0 Å². The van der Waals surface area contributed by atoms with Gasteiger partial charge in [-0.05, 0) is 43.7 Å². The van der Waals surface area contributed by atoms with Gasteiger partial charge >= 0.3 is 11.9 Å². The molecule has 5 atom stereocenters. The predicted octanol–water partition coefficient (Wildman–Crippen LogP) is 0.857. The van der Waals surface area contributed by atoms with Gasteiger partial charge in [0.1, 0.15) is 0 Å². The second-order valence-electron chi connectivity index (χ2n) is 7.48. The Bertz CT molecular complexity index is 583. The van der Waals surface area contributed by atoms with Crippen LogP contribution in [0.3, 0.4) is 0 Å². The highest BCUT2D eigenvalue weighted by Gasteiger charge is 2.77. The van der Waals surface area contributed by atoms with E-state index < -0.39 is 40.3 Å². The van der Waals surface area contributed by atoms with E-state index in [9.17, 15) is 24.9 Å². The zero-order chi connectivity index (χ0) is 16.5. The maximum Gasteiger partial charge on any atom is 0.331 e. The van der Waals surface area contributed by atoms with Crippen molar-refractivity contribution in [2.75, 3.05) is 7.05 Å². The van der Waals surface area contributed by atoms with Gasteiger partial charge in [-0.15, -0.1) is 0 Å². The molecule has 0 aromatic carbocycles. The standard InChI is InChI=1S/C16H23NO5/c1-14(2)10-7-15(11(18)6-8(10)12(19)20)9(13(21)22)4-5-16(14,15)17-3/h6,9-11,17-18H,4-5,7H2,1-3H3,(H,19,20)(H,21,22)/t9-,10-,11-,15-,16+/m0/s1. The quantitative estimate of drug-likeness (QED) is 0.616. The molecule has 0 saturated heterocycles.